The van der Waals surface area contributed by atoms with E-state index in [2.05, 4.69) is 10.1 Å². The third-order valence-corrected chi connectivity index (χ3v) is 6.34. The molecule has 1 atom stereocenters. The fourth-order valence-corrected chi connectivity index (χ4v) is 5.12. The molecule has 0 aliphatic carbocycles. The summed E-state index contributed by atoms with van der Waals surface area (Å²) in [7, 11) is 0. The van der Waals surface area contributed by atoms with Crippen LogP contribution in [-0.2, 0) is 6.54 Å². The molecule has 2 fully saturated rings. The summed E-state index contributed by atoms with van der Waals surface area (Å²) in [5.41, 5.74) is 1.58. The molecule has 2 aromatic rings. The predicted molar refractivity (Wildman–Crippen MR) is 97.0 cm³/mol. The number of aromatic nitrogens is 3. The fraction of sp³-hybridized carbons (Fsp3) is 0.500. The molecule has 2 aliphatic heterocycles. The number of ether oxygens (including phenoxy) is 1. The topological polar surface area (TPSA) is 60.2 Å². The van der Waals surface area contributed by atoms with Crippen molar-refractivity contribution >= 4 is 17.7 Å². The highest BCUT2D eigenvalue weighted by molar-refractivity contribution is 8.01. The van der Waals surface area contributed by atoms with Gasteiger partial charge < -0.3 is 9.64 Å². The number of thioether (sulfide) groups is 1. The van der Waals surface area contributed by atoms with E-state index in [-0.39, 0.29) is 16.8 Å². The van der Waals surface area contributed by atoms with Crippen molar-refractivity contribution in [3.05, 3.63) is 41.9 Å². The number of rotatable bonds is 4. The SMILES string of the molecule is CCn1nc(C)cc1C(=O)N1CC2(CC(Oc3ccccn3)CS2)C1. The first-order chi connectivity index (χ1) is 12.1. The van der Waals surface area contributed by atoms with Gasteiger partial charge in [0.1, 0.15) is 11.8 Å². The maximum absolute atomic E-state index is 12.7. The molecule has 4 rings (SSSR count). The molecule has 7 heteroatoms. The zero-order chi connectivity index (χ0) is 17.4. The van der Waals surface area contributed by atoms with Gasteiger partial charge in [0, 0.05) is 44.1 Å². The Hall–Kier alpha value is -2.02. The van der Waals surface area contributed by atoms with Crippen molar-refractivity contribution in [3.8, 4) is 5.88 Å². The van der Waals surface area contributed by atoms with Gasteiger partial charge in [0.2, 0.25) is 5.88 Å². The number of likely N-dealkylation sites (tertiary alicyclic amines) is 1. The number of carbonyl (C=O) groups is 1. The standard InChI is InChI=1S/C18H22N4O2S/c1-3-22-15(8-13(2)20-22)17(23)21-11-18(12-21)9-14(10-25-18)24-16-6-4-5-7-19-16/h4-8,14H,3,9-12H2,1-2H3. The number of aryl methyl sites for hydroxylation is 2. The maximum Gasteiger partial charge on any atom is 0.272 e. The third-order valence-electron chi connectivity index (χ3n) is 4.77. The summed E-state index contributed by atoms with van der Waals surface area (Å²) in [4.78, 5) is 18.9. The summed E-state index contributed by atoms with van der Waals surface area (Å²) in [5, 5.41) is 4.38. The van der Waals surface area contributed by atoms with Gasteiger partial charge >= 0.3 is 0 Å². The average Bonchev–Trinajstić information content (AvgIpc) is 3.17. The van der Waals surface area contributed by atoms with Crippen LogP contribution in [0.3, 0.4) is 0 Å². The summed E-state index contributed by atoms with van der Waals surface area (Å²) in [6, 6.07) is 7.59. The minimum Gasteiger partial charge on any atom is -0.473 e. The van der Waals surface area contributed by atoms with Crippen molar-refractivity contribution in [1.29, 1.82) is 0 Å². The van der Waals surface area contributed by atoms with Crippen molar-refractivity contribution in [2.45, 2.75) is 37.7 Å². The number of hydrogen-bond donors (Lipinski definition) is 0. The highest BCUT2D eigenvalue weighted by atomic mass is 32.2. The van der Waals surface area contributed by atoms with Crippen LogP contribution in [-0.4, -0.2) is 55.3 Å². The molecule has 2 saturated heterocycles. The van der Waals surface area contributed by atoms with Gasteiger partial charge in [0.25, 0.3) is 5.91 Å². The van der Waals surface area contributed by atoms with Gasteiger partial charge in [-0.2, -0.15) is 5.10 Å². The van der Waals surface area contributed by atoms with E-state index in [0.29, 0.717) is 18.1 Å². The Kier molecular flexibility index (Phi) is 4.19. The second kappa shape index (κ2) is 6.37. The first-order valence-electron chi connectivity index (χ1n) is 8.64. The zero-order valence-corrected chi connectivity index (χ0v) is 15.3. The average molecular weight is 358 g/mol. The van der Waals surface area contributed by atoms with Crippen LogP contribution in [0.15, 0.2) is 30.5 Å². The van der Waals surface area contributed by atoms with Crippen LogP contribution in [0.1, 0.15) is 29.5 Å². The smallest absolute Gasteiger partial charge is 0.272 e. The Balaban J connectivity index is 1.36. The Labute approximate surface area is 151 Å². The van der Waals surface area contributed by atoms with E-state index < -0.39 is 0 Å². The van der Waals surface area contributed by atoms with Crippen LogP contribution in [0, 0.1) is 6.92 Å². The second-order valence-electron chi connectivity index (χ2n) is 6.75. The molecule has 6 nitrogen and oxygen atoms in total. The Morgan fingerprint density at radius 2 is 2.28 bits per heavy atom. The van der Waals surface area contributed by atoms with Crippen molar-refractivity contribution < 1.29 is 9.53 Å². The lowest BCUT2D eigenvalue weighted by Gasteiger charge is -2.47. The van der Waals surface area contributed by atoms with Crippen molar-refractivity contribution in [1.82, 2.24) is 19.7 Å². The Morgan fingerprint density at radius 3 is 3.00 bits per heavy atom. The highest BCUT2D eigenvalue weighted by Gasteiger charge is 2.51. The lowest BCUT2D eigenvalue weighted by molar-refractivity contribution is 0.0504. The maximum atomic E-state index is 12.7. The molecule has 132 valence electrons. The first kappa shape index (κ1) is 16.4. The minimum atomic E-state index is 0.0859. The Morgan fingerprint density at radius 1 is 1.44 bits per heavy atom. The lowest BCUT2D eigenvalue weighted by atomic mass is 9.92. The molecule has 1 amide bonds. The normalized spacial score (nSPS) is 21.4. The number of pyridine rings is 1. The first-order valence-corrected chi connectivity index (χ1v) is 9.62. The summed E-state index contributed by atoms with van der Waals surface area (Å²) < 4.78 is 7.91. The zero-order valence-electron chi connectivity index (χ0n) is 14.5. The molecule has 0 radical (unpaired) electrons. The number of nitrogens with zero attached hydrogens (tertiary/aromatic N) is 4. The van der Waals surface area contributed by atoms with Crippen LogP contribution in [0.2, 0.25) is 0 Å². The van der Waals surface area contributed by atoms with Gasteiger partial charge in [0.05, 0.1) is 10.4 Å². The molecule has 0 aromatic carbocycles. The largest absolute Gasteiger partial charge is 0.473 e. The quantitative estimate of drug-likeness (QED) is 0.840. The molecule has 1 unspecified atom stereocenters. The van der Waals surface area contributed by atoms with Crippen LogP contribution in [0.5, 0.6) is 5.88 Å². The molecule has 1 spiro atoms. The monoisotopic (exact) mass is 358 g/mol. The van der Waals surface area contributed by atoms with E-state index in [1.165, 1.54) is 0 Å². The molecule has 4 heterocycles. The highest BCUT2D eigenvalue weighted by Crippen LogP contribution is 2.46. The molecular formula is C18H22N4O2S. The summed E-state index contributed by atoms with van der Waals surface area (Å²) in [5.74, 6) is 1.72. The number of carbonyl (C=O) groups excluding carboxylic acids is 1. The van der Waals surface area contributed by atoms with Gasteiger partial charge in [-0.3, -0.25) is 9.48 Å². The summed E-state index contributed by atoms with van der Waals surface area (Å²) in [6.45, 7) is 6.21. The van der Waals surface area contributed by atoms with E-state index in [1.807, 2.05) is 54.8 Å². The molecular weight excluding hydrogens is 336 g/mol. The molecule has 2 aromatic heterocycles. The Bertz CT molecular complexity index is 771. The lowest BCUT2D eigenvalue weighted by Crippen LogP contribution is -2.61. The predicted octanol–water partition coefficient (Wildman–Crippen LogP) is 2.39. The van der Waals surface area contributed by atoms with E-state index in [0.717, 1.165) is 31.0 Å². The molecule has 25 heavy (non-hydrogen) atoms. The van der Waals surface area contributed by atoms with Gasteiger partial charge in [-0.05, 0) is 26.0 Å². The van der Waals surface area contributed by atoms with Gasteiger partial charge in [-0.25, -0.2) is 4.98 Å². The second-order valence-corrected chi connectivity index (χ2v) is 8.24. The van der Waals surface area contributed by atoms with Crippen LogP contribution < -0.4 is 4.74 Å². The molecule has 2 aliphatic rings. The van der Waals surface area contributed by atoms with Crippen molar-refractivity contribution in [2.75, 3.05) is 18.8 Å². The molecule has 0 bridgehead atoms. The molecule has 0 saturated carbocycles. The van der Waals surface area contributed by atoms with Gasteiger partial charge in [0.15, 0.2) is 0 Å². The summed E-state index contributed by atoms with van der Waals surface area (Å²) >= 11 is 1.92. The minimum absolute atomic E-state index is 0.0859. The van der Waals surface area contributed by atoms with Crippen LogP contribution >= 0.6 is 11.8 Å². The van der Waals surface area contributed by atoms with Gasteiger partial charge in [-0.15, -0.1) is 11.8 Å². The number of amides is 1. The number of hydrogen-bond acceptors (Lipinski definition) is 5. The van der Waals surface area contributed by atoms with E-state index in [1.54, 1.807) is 10.9 Å². The van der Waals surface area contributed by atoms with E-state index in [4.69, 9.17) is 4.74 Å². The molecule has 0 N–H and O–H groups in total. The van der Waals surface area contributed by atoms with Crippen LogP contribution in [0.25, 0.3) is 0 Å². The van der Waals surface area contributed by atoms with Gasteiger partial charge in [-0.1, -0.05) is 6.07 Å². The van der Waals surface area contributed by atoms with Crippen molar-refractivity contribution in [2.24, 2.45) is 0 Å². The van der Waals surface area contributed by atoms with E-state index >= 15 is 0 Å². The fourth-order valence-electron chi connectivity index (χ4n) is 3.60. The van der Waals surface area contributed by atoms with E-state index in [9.17, 15) is 4.79 Å². The third kappa shape index (κ3) is 3.13. The van der Waals surface area contributed by atoms with Crippen LogP contribution in [0.4, 0.5) is 0 Å². The van der Waals surface area contributed by atoms with Crippen molar-refractivity contribution in [3.63, 3.8) is 0 Å². The summed E-state index contributed by atoms with van der Waals surface area (Å²) in [6.07, 6.45) is 2.88.